The number of halogens is 2. The maximum Gasteiger partial charge on any atom is 0.257 e. The lowest BCUT2D eigenvalue weighted by atomic mass is 10.2. The molecule has 0 aliphatic carbocycles. The minimum atomic E-state index is -0.485. The molecule has 4 nitrogen and oxygen atoms in total. The molecule has 2 aromatic rings. The lowest BCUT2D eigenvalue weighted by Gasteiger charge is -2.12. The van der Waals surface area contributed by atoms with Crippen molar-refractivity contribution in [3.8, 4) is 11.5 Å². The molecule has 0 aromatic heterocycles. The van der Waals surface area contributed by atoms with Gasteiger partial charge in [-0.25, -0.2) is 4.39 Å². The Bertz CT molecular complexity index is 676. The van der Waals surface area contributed by atoms with E-state index in [2.05, 4.69) is 21.2 Å². The first kappa shape index (κ1) is 15.3. The minimum absolute atomic E-state index is 0.194. The van der Waals surface area contributed by atoms with Crippen LogP contribution in [0.4, 0.5) is 10.1 Å². The van der Waals surface area contributed by atoms with Crippen molar-refractivity contribution in [2.24, 2.45) is 0 Å². The predicted molar refractivity (Wildman–Crippen MR) is 81.6 cm³/mol. The SMILES string of the molecule is COc1ccc(OC)c(NC(=O)c2cc(F)ccc2Br)c1. The monoisotopic (exact) mass is 353 g/mol. The van der Waals surface area contributed by atoms with Crippen molar-refractivity contribution < 1.29 is 18.7 Å². The number of carbonyl (C=O) groups is 1. The van der Waals surface area contributed by atoms with E-state index in [9.17, 15) is 9.18 Å². The second-order valence-electron chi connectivity index (χ2n) is 4.14. The number of benzene rings is 2. The van der Waals surface area contributed by atoms with Crippen LogP contribution in [0.3, 0.4) is 0 Å². The van der Waals surface area contributed by atoms with E-state index in [4.69, 9.17) is 9.47 Å². The van der Waals surface area contributed by atoms with Crippen molar-refractivity contribution in [1.82, 2.24) is 0 Å². The Morgan fingerprint density at radius 3 is 2.57 bits per heavy atom. The first-order valence-electron chi connectivity index (χ1n) is 6.03. The van der Waals surface area contributed by atoms with Gasteiger partial charge in [0.2, 0.25) is 0 Å². The Hall–Kier alpha value is -2.08. The summed E-state index contributed by atoms with van der Waals surface area (Å²) in [6.45, 7) is 0. The van der Waals surface area contributed by atoms with Crippen LogP contribution < -0.4 is 14.8 Å². The second-order valence-corrected chi connectivity index (χ2v) is 5.00. The molecule has 0 fully saturated rings. The van der Waals surface area contributed by atoms with Crippen molar-refractivity contribution >= 4 is 27.5 Å². The third-order valence-corrected chi connectivity index (χ3v) is 3.52. The first-order valence-corrected chi connectivity index (χ1v) is 6.83. The third-order valence-electron chi connectivity index (χ3n) is 2.83. The van der Waals surface area contributed by atoms with Crippen molar-refractivity contribution in [3.05, 3.63) is 52.3 Å². The van der Waals surface area contributed by atoms with Crippen LogP contribution in [0, 0.1) is 5.82 Å². The Kier molecular flexibility index (Phi) is 4.80. The summed E-state index contributed by atoms with van der Waals surface area (Å²) >= 11 is 3.22. The van der Waals surface area contributed by atoms with Crippen molar-refractivity contribution in [2.45, 2.75) is 0 Å². The first-order chi connectivity index (χ1) is 10.0. The van der Waals surface area contributed by atoms with Gasteiger partial charge in [0.1, 0.15) is 17.3 Å². The molecule has 0 bridgehead atoms. The molecule has 1 amide bonds. The molecule has 2 rings (SSSR count). The Labute approximate surface area is 130 Å². The topological polar surface area (TPSA) is 47.6 Å². The van der Waals surface area contributed by atoms with E-state index in [1.165, 1.54) is 26.4 Å². The molecular formula is C15H13BrFNO3. The van der Waals surface area contributed by atoms with Gasteiger partial charge in [0.15, 0.2) is 0 Å². The second kappa shape index (κ2) is 6.58. The molecule has 0 aliphatic heterocycles. The smallest absolute Gasteiger partial charge is 0.257 e. The largest absolute Gasteiger partial charge is 0.497 e. The summed E-state index contributed by atoms with van der Waals surface area (Å²) in [5, 5.41) is 2.68. The summed E-state index contributed by atoms with van der Waals surface area (Å²) in [5.41, 5.74) is 0.637. The van der Waals surface area contributed by atoms with Crippen LogP contribution in [-0.2, 0) is 0 Å². The summed E-state index contributed by atoms with van der Waals surface area (Å²) in [4.78, 5) is 12.3. The molecule has 0 atom stereocenters. The number of rotatable bonds is 4. The predicted octanol–water partition coefficient (Wildman–Crippen LogP) is 3.86. The highest BCUT2D eigenvalue weighted by Crippen LogP contribution is 2.30. The average molecular weight is 354 g/mol. The zero-order chi connectivity index (χ0) is 15.4. The Morgan fingerprint density at radius 1 is 1.14 bits per heavy atom. The molecule has 6 heteroatoms. The fourth-order valence-electron chi connectivity index (χ4n) is 1.77. The Morgan fingerprint density at radius 2 is 1.90 bits per heavy atom. The van der Waals surface area contributed by atoms with Gasteiger partial charge in [0.25, 0.3) is 5.91 Å². The standard InChI is InChI=1S/C15H13BrFNO3/c1-20-10-4-6-14(21-2)13(8-10)18-15(19)11-7-9(17)3-5-12(11)16/h3-8H,1-2H3,(H,18,19). The van der Waals surface area contributed by atoms with Gasteiger partial charge in [-0.3, -0.25) is 4.79 Å². The third kappa shape index (κ3) is 3.52. The van der Waals surface area contributed by atoms with Gasteiger partial charge in [0, 0.05) is 10.5 Å². The molecule has 0 radical (unpaired) electrons. The molecule has 1 N–H and O–H groups in total. The number of amides is 1. The van der Waals surface area contributed by atoms with E-state index in [0.717, 1.165) is 6.07 Å². The Balaban J connectivity index is 2.32. The van der Waals surface area contributed by atoms with Gasteiger partial charge in [-0.05, 0) is 46.3 Å². The summed E-state index contributed by atoms with van der Waals surface area (Å²) in [7, 11) is 3.02. The molecule has 110 valence electrons. The number of methoxy groups -OCH3 is 2. The molecular weight excluding hydrogens is 341 g/mol. The van der Waals surface area contributed by atoms with Crippen molar-refractivity contribution in [1.29, 1.82) is 0 Å². The van der Waals surface area contributed by atoms with Gasteiger partial charge >= 0.3 is 0 Å². The van der Waals surface area contributed by atoms with Crippen LogP contribution in [0.15, 0.2) is 40.9 Å². The van der Waals surface area contributed by atoms with E-state index < -0.39 is 11.7 Å². The molecule has 0 unspecified atom stereocenters. The number of carbonyl (C=O) groups excluding carboxylic acids is 1. The van der Waals surface area contributed by atoms with E-state index in [-0.39, 0.29) is 5.56 Å². The molecule has 21 heavy (non-hydrogen) atoms. The normalized spacial score (nSPS) is 10.1. The molecule has 0 aliphatic rings. The highest BCUT2D eigenvalue weighted by molar-refractivity contribution is 9.10. The quantitative estimate of drug-likeness (QED) is 0.907. The summed E-state index contributed by atoms with van der Waals surface area (Å²) in [5.74, 6) is 0.120. The molecule has 0 saturated carbocycles. The van der Waals surface area contributed by atoms with Crippen molar-refractivity contribution in [3.63, 3.8) is 0 Å². The van der Waals surface area contributed by atoms with Crippen LogP contribution in [0.2, 0.25) is 0 Å². The van der Waals surface area contributed by atoms with E-state index in [0.29, 0.717) is 21.7 Å². The van der Waals surface area contributed by atoms with Crippen LogP contribution in [0.1, 0.15) is 10.4 Å². The van der Waals surface area contributed by atoms with Gasteiger partial charge in [0.05, 0.1) is 25.5 Å². The fourth-order valence-corrected chi connectivity index (χ4v) is 2.20. The molecule has 0 heterocycles. The van der Waals surface area contributed by atoms with Gasteiger partial charge in [-0.2, -0.15) is 0 Å². The number of hydrogen-bond acceptors (Lipinski definition) is 3. The molecule has 0 saturated heterocycles. The van der Waals surface area contributed by atoms with Crippen LogP contribution in [0.5, 0.6) is 11.5 Å². The van der Waals surface area contributed by atoms with E-state index >= 15 is 0 Å². The summed E-state index contributed by atoms with van der Waals surface area (Å²) in [6.07, 6.45) is 0. The maximum absolute atomic E-state index is 13.3. The zero-order valence-electron chi connectivity index (χ0n) is 11.4. The number of nitrogens with one attached hydrogen (secondary N) is 1. The lowest BCUT2D eigenvalue weighted by Crippen LogP contribution is -2.13. The summed E-state index contributed by atoms with van der Waals surface area (Å²) in [6, 6.07) is 8.93. The minimum Gasteiger partial charge on any atom is -0.497 e. The zero-order valence-corrected chi connectivity index (χ0v) is 13.0. The highest BCUT2D eigenvalue weighted by atomic mass is 79.9. The van der Waals surface area contributed by atoms with Gasteiger partial charge < -0.3 is 14.8 Å². The van der Waals surface area contributed by atoms with Gasteiger partial charge in [-0.15, -0.1) is 0 Å². The molecule has 2 aromatic carbocycles. The van der Waals surface area contributed by atoms with Crippen LogP contribution in [0.25, 0.3) is 0 Å². The van der Waals surface area contributed by atoms with E-state index in [1.54, 1.807) is 18.2 Å². The maximum atomic E-state index is 13.3. The van der Waals surface area contributed by atoms with Gasteiger partial charge in [-0.1, -0.05) is 0 Å². The fraction of sp³-hybridized carbons (Fsp3) is 0.133. The van der Waals surface area contributed by atoms with E-state index in [1.807, 2.05) is 0 Å². The molecule has 0 spiro atoms. The average Bonchev–Trinajstić information content (AvgIpc) is 2.49. The highest BCUT2D eigenvalue weighted by Gasteiger charge is 2.14. The van der Waals surface area contributed by atoms with Crippen LogP contribution in [-0.4, -0.2) is 20.1 Å². The van der Waals surface area contributed by atoms with Crippen molar-refractivity contribution in [2.75, 3.05) is 19.5 Å². The van der Waals surface area contributed by atoms with Crippen LogP contribution >= 0.6 is 15.9 Å². The number of anilines is 1. The lowest BCUT2D eigenvalue weighted by molar-refractivity contribution is 0.102. The number of ether oxygens (including phenoxy) is 2. The summed E-state index contributed by atoms with van der Waals surface area (Å²) < 4.78 is 24.1. The number of hydrogen-bond donors (Lipinski definition) is 1.